The minimum atomic E-state index is 0.172. The molecule has 1 unspecified atom stereocenters. The lowest BCUT2D eigenvalue weighted by Crippen LogP contribution is -2.34. The van der Waals surface area contributed by atoms with Crippen molar-refractivity contribution >= 4 is 11.5 Å². The van der Waals surface area contributed by atoms with Crippen LogP contribution in [0.1, 0.15) is 30.9 Å². The summed E-state index contributed by atoms with van der Waals surface area (Å²) in [5.74, 6) is 0.925. The largest absolute Gasteiger partial charge is 0.409 e. The third-order valence-electron chi connectivity index (χ3n) is 3.62. The van der Waals surface area contributed by atoms with Gasteiger partial charge in [-0.3, -0.25) is 0 Å². The SMILES string of the molecule is Cc1cc(N2CCCC(C)C2)ccc1/C(N)=N/O. The lowest BCUT2D eigenvalue weighted by atomic mass is 9.99. The molecule has 2 rings (SSSR count). The van der Waals surface area contributed by atoms with Crippen molar-refractivity contribution in [3.63, 3.8) is 0 Å². The molecule has 0 bridgehead atoms. The van der Waals surface area contributed by atoms with E-state index in [0.717, 1.165) is 30.1 Å². The first-order valence-electron chi connectivity index (χ1n) is 6.45. The zero-order valence-corrected chi connectivity index (χ0v) is 11.1. The van der Waals surface area contributed by atoms with Crippen LogP contribution >= 0.6 is 0 Å². The summed E-state index contributed by atoms with van der Waals surface area (Å²) in [7, 11) is 0. The van der Waals surface area contributed by atoms with Gasteiger partial charge in [0.25, 0.3) is 0 Å². The Balaban J connectivity index is 2.23. The molecule has 3 N–H and O–H groups in total. The summed E-state index contributed by atoms with van der Waals surface area (Å²) in [5, 5.41) is 11.8. The van der Waals surface area contributed by atoms with E-state index in [1.54, 1.807) is 0 Å². The van der Waals surface area contributed by atoms with Gasteiger partial charge >= 0.3 is 0 Å². The van der Waals surface area contributed by atoms with Gasteiger partial charge in [-0.15, -0.1) is 0 Å². The number of aryl methyl sites for hydroxylation is 1. The molecule has 0 aromatic heterocycles. The second kappa shape index (κ2) is 5.29. The smallest absolute Gasteiger partial charge is 0.170 e. The van der Waals surface area contributed by atoms with Crippen molar-refractivity contribution in [2.24, 2.45) is 16.8 Å². The number of benzene rings is 1. The van der Waals surface area contributed by atoms with Crippen LogP contribution in [0.4, 0.5) is 5.69 Å². The Morgan fingerprint density at radius 1 is 1.50 bits per heavy atom. The second-order valence-corrected chi connectivity index (χ2v) is 5.18. The highest BCUT2D eigenvalue weighted by molar-refractivity contribution is 5.98. The average Bonchev–Trinajstić information content (AvgIpc) is 2.37. The van der Waals surface area contributed by atoms with E-state index >= 15 is 0 Å². The maximum Gasteiger partial charge on any atom is 0.170 e. The van der Waals surface area contributed by atoms with Gasteiger partial charge in [-0.25, -0.2) is 0 Å². The standard InChI is InChI=1S/C14H21N3O/c1-10-4-3-7-17(9-10)12-5-6-13(11(2)8-12)14(15)16-18/h5-6,8,10,18H,3-4,7,9H2,1-2H3,(H2,15,16). The molecule has 1 aliphatic heterocycles. The maximum absolute atomic E-state index is 8.72. The number of rotatable bonds is 2. The molecule has 98 valence electrons. The van der Waals surface area contributed by atoms with Crippen molar-refractivity contribution in [2.75, 3.05) is 18.0 Å². The Morgan fingerprint density at radius 2 is 2.28 bits per heavy atom. The van der Waals surface area contributed by atoms with E-state index in [9.17, 15) is 0 Å². The molecule has 1 fully saturated rings. The summed E-state index contributed by atoms with van der Waals surface area (Å²) in [5.41, 5.74) is 8.70. The molecular formula is C14H21N3O. The Morgan fingerprint density at radius 3 is 2.89 bits per heavy atom. The molecule has 1 atom stereocenters. The molecule has 1 aromatic carbocycles. The first kappa shape index (κ1) is 12.7. The highest BCUT2D eigenvalue weighted by atomic mass is 16.4. The summed E-state index contributed by atoms with van der Waals surface area (Å²) >= 11 is 0. The van der Waals surface area contributed by atoms with Crippen LogP contribution in [0, 0.1) is 12.8 Å². The number of oxime groups is 1. The number of hydrogen-bond acceptors (Lipinski definition) is 3. The van der Waals surface area contributed by atoms with Crippen molar-refractivity contribution in [3.8, 4) is 0 Å². The van der Waals surface area contributed by atoms with Crippen LogP contribution in [0.2, 0.25) is 0 Å². The Kier molecular flexibility index (Phi) is 3.75. The number of anilines is 1. The highest BCUT2D eigenvalue weighted by Crippen LogP contribution is 2.24. The molecule has 0 radical (unpaired) electrons. The van der Waals surface area contributed by atoms with Gasteiger partial charge in [-0.1, -0.05) is 12.1 Å². The predicted molar refractivity (Wildman–Crippen MR) is 74.3 cm³/mol. The Labute approximate surface area is 108 Å². The molecular weight excluding hydrogens is 226 g/mol. The van der Waals surface area contributed by atoms with Gasteiger partial charge in [0.2, 0.25) is 0 Å². The van der Waals surface area contributed by atoms with Crippen LogP contribution in [-0.4, -0.2) is 24.1 Å². The van der Waals surface area contributed by atoms with Gasteiger partial charge < -0.3 is 15.8 Å². The third-order valence-corrected chi connectivity index (χ3v) is 3.62. The molecule has 0 saturated carbocycles. The lowest BCUT2D eigenvalue weighted by molar-refractivity contribution is 0.318. The van der Waals surface area contributed by atoms with E-state index in [0.29, 0.717) is 0 Å². The third kappa shape index (κ3) is 2.58. The first-order chi connectivity index (χ1) is 8.61. The van der Waals surface area contributed by atoms with Crippen LogP contribution in [-0.2, 0) is 0 Å². The molecule has 4 heteroatoms. The van der Waals surface area contributed by atoms with Gasteiger partial charge in [0.05, 0.1) is 0 Å². The van der Waals surface area contributed by atoms with Crippen molar-refractivity contribution in [1.82, 2.24) is 0 Å². The Hall–Kier alpha value is -1.71. The van der Waals surface area contributed by atoms with E-state index < -0.39 is 0 Å². The zero-order chi connectivity index (χ0) is 13.1. The topological polar surface area (TPSA) is 61.8 Å². The number of nitrogens with two attached hydrogens (primary N) is 1. The predicted octanol–water partition coefficient (Wildman–Crippen LogP) is 2.33. The molecule has 1 saturated heterocycles. The van der Waals surface area contributed by atoms with Gasteiger partial charge in [0, 0.05) is 24.3 Å². The van der Waals surface area contributed by atoms with Gasteiger partial charge in [-0.2, -0.15) is 0 Å². The summed E-state index contributed by atoms with van der Waals surface area (Å²) < 4.78 is 0. The number of nitrogens with zero attached hydrogens (tertiary/aromatic N) is 2. The zero-order valence-electron chi connectivity index (χ0n) is 11.1. The van der Waals surface area contributed by atoms with E-state index in [-0.39, 0.29) is 5.84 Å². The van der Waals surface area contributed by atoms with Gasteiger partial charge in [0.15, 0.2) is 5.84 Å². The molecule has 1 heterocycles. The van der Waals surface area contributed by atoms with Gasteiger partial charge in [0.1, 0.15) is 0 Å². The quantitative estimate of drug-likeness (QED) is 0.365. The number of hydrogen-bond donors (Lipinski definition) is 2. The van der Waals surface area contributed by atoms with Crippen molar-refractivity contribution < 1.29 is 5.21 Å². The molecule has 4 nitrogen and oxygen atoms in total. The normalized spacial score (nSPS) is 21.1. The molecule has 0 spiro atoms. The molecule has 18 heavy (non-hydrogen) atoms. The van der Waals surface area contributed by atoms with E-state index in [1.807, 2.05) is 13.0 Å². The van der Waals surface area contributed by atoms with Crippen LogP contribution in [0.15, 0.2) is 23.4 Å². The van der Waals surface area contributed by atoms with Crippen molar-refractivity contribution in [2.45, 2.75) is 26.7 Å². The minimum absolute atomic E-state index is 0.172. The molecule has 0 amide bonds. The van der Waals surface area contributed by atoms with Crippen LogP contribution in [0.3, 0.4) is 0 Å². The molecule has 0 aliphatic carbocycles. The fourth-order valence-electron chi connectivity index (χ4n) is 2.61. The first-order valence-corrected chi connectivity index (χ1v) is 6.45. The average molecular weight is 247 g/mol. The molecule has 1 aromatic rings. The number of amidine groups is 1. The fourth-order valence-corrected chi connectivity index (χ4v) is 2.61. The van der Waals surface area contributed by atoms with Crippen molar-refractivity contribution in [3.05, 3.63) is 29.3 Å². The lowest BCUT2D eigenvalue weighted by Gasteiger charge is -2.33. The van der Waals surface area contributed by atoms with Crippen LogP contribution in [0.5, 0.6) is 0 Å². The summed E-state index contributed by atoms with van der Waals surface area (Å²) in [6.07, 6.45) is 2.57. The van der Waals surface area contributed by atoms with Gasteiger partial charge in [-0.05, 0) is 49.4 Å². The fraction of sp³-hybridized carbons (Fsp3) is 0.500. The van der Waals surface area contributed by atoms with E-state index in [4.69, 9.17) is 10.9 Å². The number of piperidine rings is 1. The maximum atomic E-state index is 8.72. The van der Waals surface area contributed by atoms with E-state index in [2.05, 4.69) is 29.1 Å². The monoisotopic (exact) mass is 247 g/mol. The summed E-state index contributed by atoms with van der Waals surface area (Å²) in [4.78, 5) is 2.41. The highest BCUT2D eigenvalue weighted by Gasteiger charge is 2.17. The summed E-state index contributed by atoms with van der Waals surface area (Å²) in [6.45, 7) is 6.52. The minimum Gasteiger partial charge on any atom is -0.409 e. The Bertz CT molecular complexity index is 456. The van der Waals surface area contributed by atoms with Crippen LogP contribution in [0.25, 0.3) is 0 Å². The summed E-state index contributed by atoms with van der Waals surface area (Å²) in [6, 6.07) is 6.10. The van der Waals surface area contributed by atoms with Crippen molar-refractivity contribution in [1.29, 1.82) is 0 Å². The molecule has 1 aliphatic rings. The van der Waals surface area contributed by atoms with Crippen LogP contribution < -0.4 is 10.6 Å². The van der Waals surface area contributed by atoms with E-state index in [1.165, 1.54) is 18.5 Å². The second-order valence-electron chi connectivity index (χ2n) is 5.18.